The van der Waals surface area contributed by atoms with Crippen LogP contribution in [-0.4, -0.2) is 45.5 Å². The van der Waals surface area contributed by atoms with Crippen molar-refractivity contribution < 1.29 is 35.1 Å². The van der Waals surface area contributed by atoms with Crippen molar-refractivity contribution in [2.24, 2.45) is 7.05 Å². The largest absolute Gasteiger partial charge is 0.433 e. The molecule has 31 heavy (non-hydrogen) atoms. The zero-order chi connectivity index (χ0) is 23.0. The van der Waals surface area contributed by atoms with Crippen molar-refractivity contribution in [1.82, 2.24) is 24.7 Å². The molecule has 3 aromatic heterocycles. The van der Waals surface area contributed by atoms with Crippen molar-refractivity contribution in [2.45, 2.75) is 24.6 Å². The molecule has 0 N–H and O–H groups in total. The van der Waals surface area contributed by atoms with Gasteiger partial charge in [-0.2, -0.15) is 22.0 Å². The first-order chi connectivity index (χ1) is 14.4. The molecule has 8 nitrogen and oxygen atoms in total. The Balaban J connectivity index is 2.09. The third-order valence-corrected chi connectivity index (χ3v) is 5.91. The quantitative estimate of drug-likeness (QED) is 0.517. The van der Waals surface area contributed by atoms with Gasteiger partial charge in [0.2, 0.25) is 0 Å². The van der Waals surface area contributed by atoms with E-state index in [1.54, 1.807) is 0 Å². The van der Waals surface area contributed by atoms with E-state index in [-0.39, 0.29) is 28.7 Å². The van der Waals surface area contributed by atoms with Crippen LogP contribution in [0.4, 0.5) is 22.0 Å². The second kappa shape index (κ2) is 8.17. The molecule has 0 spiro atoms. The number of rotatable bonds is 6. The summed E-state index contributed by atoms with van der Waals surface area (Å²) in [6, 6.07) is 2.81. The minimum absolute atomic E-state index is 0.0504. The summed E-state index contributed by atoms with van der Waals surface area (Å²) < 4.78 is 93.7. The summed E-state index contributed by atoms with van der Waals surface area (Å²) in [5.41, 5.74) is -1.08. The number of nitrogens with zero attached hydrogens (tertiary/aromatic N) is 5. The second-order valence-electron chi connectivity index (χ2n) is 6.14. The van der Waals surface area contributed by atoms with Gasteiger partial charge in [0.1, 0.15) is 22.0 Å². The smallest absolute Gasteiger partial charge is 0.433 e. The first-order valence-electron chi connectivity index (χ1n) is 8.55. The number of pyridine rings is 2. The molecular weight excluding hydrogens is 449 g/mol. The molecule has 3 aromatic rings. The highest BCUT2D eigenvalue weighted by Gasteiger charge is 2.32. The Morgan fingerprint density at radius 3 is 2.32 bits per heavy atom. The maximum Gasteiger partial charge on any atom is 0.433 e. The van der Waals surface area contributed by atoms with Crippen molar-refractivity contribution in [3.05, 3.63) is 36.3 Å². The number of halogens is 5. The van der Waals surface area contributed by atoms with Gasteiger partial charge < -0.3 is 9.30 Å². The molecule has 3 rings (SSSR count). The standard InChI is InChI=1S/C17H14F5N5O3S/c1-3-31(28,29)11-6-10(30-16(18)19)8-24-13(11)15-26-25-14(27(15)2)9-4-5-12(23-7-9)17(20,21)22/h4-8,16H,3H2,1-2H3. The summed E-state index contributed by atoms with van der Waals surface area (Å²) in [6.07, 6.45) is -2.75. The fraction of sp³-hybridized carbons (Fsp3) is 0.294. The predicted octanol–water partition coefficient (Wildman–Crippen LogP) is 3.35. The van der Waals surface area contributed by atoms with Gasteiger partial charge in [0.25, 0.3) is 0 Å². The summed E-state index contributed by atoms with van der Waals surface area (Å²) in [6.45, 7) is -1.83. The topological polar surface area (TPSA) is 99.9 Å². The van der Waals surface area contributed by atoms with Crippen LogP contribution in [0.25, 0.3) is 22.9 Å². The molecule has 0 aliphatic carbocycles. The normalized spacial score (nSPS) is 12.4. The Bertz CT molecular complexity index is 1190. The van der Waals surface area contributed by atoms with E-state index in [1.807, 2.05) is 0 Å². The molecule has 3 heterocycles. The van der Waals surface area contributed by atoms with Crippen LogP contribution in [0.3, 0.4) is 0 Å². The number of sulfone groups is 1. The number of hydrogen-bond acceptors (Lipinski definition) is 7. The minimum Gasteiger partial charge on any atom is -0.433 e. The van der Waals surface area contributed by atoms with E-state index in [1.165, 1.54) is 18.5 Å². The Labute approximate surface area is 172 Å². The van der Waals surface area contributed by atoms with Crippen molar-refractivity contribution in [1.29, 1.82) is 0 Å². The maximum absolute atomic E-state index is 12.7. The van der Waals surface area contributed by atoms with E-state index in [4.69, 9.17) is 0 Å². The molecule has 0 bridgehead atoms. The lowest BCUT2D eigenvalue weighted by Crippen LogP contribution is -2.11. The maximum atomic E-state index is 12.7. The fourth-order valence-corrected chi connectivity index (χ4v) is 3.68. The third-order valence-electron chi connectivity index (χ3n) is 4.17. The van der Waals surface area contributed by atoms with Gasteiger partial charge >= 0.3 is 12.8 Å². The van der Waals surface area contributed by atoms with Gasteiger partial charge in [0, 0.05) is 24.9 Å². The van der Waals surface area contributed by atoms with Crippen molar-refractivity contribution >= 4 is 9.84 Å². The molecule has 0 aliphatic heterocycles. The van der Waals surface area contributed by atoms with Crippen LogP contribution in [0, 0.1) is 0 Å². The molecule has 0 unspecified atom stereocenters. The minimum atomic E-state index is -4.61. The van der Waals surface area contributed by atoms with Crippen LogP contribution in [0.15, 0.2) is 35.5 Å². The first kappa shape index (κ1) is 22.5. The Morgan fingerprint density at radius 2 is 1.77 bits per heavy atom. The molecule has 0 radical (unpaired) electrons. The molecule has 0 amide bonds. The van der Waals surface area contributed by atoms with E-state index >= 15 is 0 Å². The zero-order valence-electron chi connectivity index (χ0n) is 15.9. The lowest BCUT2D eigenvalue weighted by atomic mass is 10.2. The molecule has 0 fully saturated rings. The molecular formula is C17H14F5N5O3S. The average molecular weight is 463 g/mol. The zero-order valence-corrected chi connectivity index (χ0v) is 16.7. The highest BCUT2D eigenvalue weighted by molar-refractivity contribution is 7.91. The molecule has 166 valence electrons. The lowest BCUT2D eigenvalue weighted by Gasteiger charge is -2.11. The molecule has 0 aliphatic rings. The van der Waals surface area contributed by atoms with Gasteiger partial charge in [0.15, 0.2) is 21.5 Å². The van der Waals surface area contributed by atoms with E-state index in [0.717, 1.165) is 30.6 Å². The lowest BCUT2D eigenvalue weighted by molar-refractivity contribution is -0.141. The highest BCUT2D eigenvalue weighted by atomic mass is 32.2. The average Bonchev–Trinajstić information content (AvgIpc) is 3.08. The predicted molar refractivity (Wildman–Crippen MR) is 96.8 cm³/mol. The van der Waals surface area contributed by atoms with Crippen molar-refractivity contribution in [2.75, 3.05) is 5.75 Å². The Morgan fingerprint density at radius 1 is 1.10 bits per heavy atom. The third kappa shape index (κ3) is 4.62. The summed E-state index contributed by atoms with van der Waals surface area (Å²) in [7, 11) is -2.49. The highest BCUT2D eigenvalue weighted by Crippen LogP contribution is 2.32. The Kier molecular flexibility index (Phi) is 5.93. The van der Waals surface area contributed by atoms with E-state index in [2.05, 4.69) is 24.9 Å². The van der Waals surface area contributed by atoms with Crippen molar-refractivity contribution in [3.8, 4) is 28.7 Å². The molecule has 0 atom stereocenters. The first-order valence-corrected chi connectivity index (χ1v) is 10.2. The van der Waals surface area contributed by atoms with Gasteiger partial charge in [-0.1, -0.05) is 6.92 Å². The van der Waals surface area contributed by atoms with Crippen LogP contribution in [0.5, 0.6) is 5.75 Å². The second-order valence-corrected chi connectivity index (χ2v) is 8.38. The van der Waals surface area contributed by atoms with E-state index < -0.39 is 39.0 Å². The number of alkyl halides is 5. The SMILES string of the molecule is CCS(=O)(=O)c1cc(OC(F)F)cnc1-c1nnc(-c2ccc(C(F)(F)F)nc2)n1C. The van der Waals surface area contributed by atoms with Crippen molar-refractivity contribution in [3.63, 3.8) is 0 Å². The number of ether oxygens (including phenoxy) is 1. The number of aromatic nitrogens is 5. The van der Waals surface area contributed by atoms with E-state index in [9.17, 15) is 30.4 Å². The van der Waals surface area contributed by atoms with Crippen LogP contribution < -0.4 is 4.74 Å². The summed E-state index contributed by atoms with van der Waals surface area (Å²) in [5.74, 6) is -0.774. The summed E-state index contributed by atoms with van der Waals surface area (Å²) >= 11 is 0. The summed E-state index contributed by atoms with van der Waals surface area (Å²) in [4.78, 5) is 6.86. The molecule has 0 aromatic carbocycles. The number of hydrogen-bond donors (Lipinski definition) is 0. The Hall–Kier alpha value is -3.16. The van der Waals surface area contributed by atoms with Gasteiger partial charge in [-0.25, -0.2) is 13.4 Å². The van der Waals surface area contributed by atoms with Crippen LogP contribution in [0.1, 0.15) is 12.6 Å². The van der Waals surface area contributed by atoms with Gasteiger partial charge in [0.05, 0.1) is 11.9 Å². The van der Waals surface area contributed by atoms with Crippen LogP contribution >= 0.6 is 0 Å². The van der Waals surface area contributed by atoms with Gasteiger partial charge in [-0.05, 0) is 12.1 Å². The van der Waals surface area contributed by atoms with Crippen LogP contribution in [0.2, 0.25) is 0 Å². The monoisotopic (exact) mass is 463 g/mol. The fourth-order valence-electron chi connectivity index (χ4n) is 2.64. The van der Waals surface area contributed by atoms with Gasteiger partial charge in [-0.15, -0.1) is 10.2 Å². The molecule has 0 saturated carbocycles. The molecule has 14 heteroatoms. The van der Waals surface area contributed by atoms with Gasteiger partial charge in [-0.3, -0.25) is 4.98 Å². The summed E-state index contributed by atoms with van der Waals surface area (Å²) in [5, 5.41) is 7.76. The molecule has 0 saturated heterocycles. The van der Waals surface area contributed by atoms with E-state index in [0.29, 0.717) is 0 Å². The van der Waals surface area contributed by atoms with Crippen LogP contribution in [-0.2, 0) is 23.1 Å².